The van der Waals surface area contributed by atoms with E-state index in [1.54, 1.807) is 6.07 Å². The van der Waals surface area contributed by atoms with Crippen LogP contribution >= 0.6 is 0 Å². The molecule has 1 aromatic carbocycles. The van der Waals surface area contributed by atoms with Crippen LogP contribution in [0.4, 0.5) is 5.69 Å². The van der Waals surface area contributed by atoms with Crippen molar-refractivity contribution in [2.75, 3.05) is 5.32 Å². The summed E-state index contributed by atoms with van der Waals surface area (Å²) in [6.45, 7) is 6.43. The lowest BCUT2D eigenvalue weighted by molar-refractivity contribution is 0.0691. The summed E-state index contributed by atoms with van der Waals surface area (Å²) in [5, 5.41) is 13.6. The van der Waals surface area contributed by atoms with Gasteiger partial charge in [-0.05, 0) is 24.5 Å². The van der Waals surface area contributed by atoms with Crippen LogP contribution in [0.25, 0.3) is 10.9 Å². The Hall–Kier alpha value is -2.10. The number of benzene rings is 1. The third-order valence-electron chi connectivity index (χ3n) is 3.52. The second-order valence-electron chi connectivity index (χ2n) is 5.28. The van der Waals surface area contributed by atoms with Crippen LogP contribution in [-0.4, -0.2) is 22.1 Å². The summed E-state index contributed by atoms with van der Waals surface area (Å²) in [4.78, 5) is 15.4. The first-order valence-corrected chi connectivity index (χ1v) is 6.92. The molecule has 1 unspecified atom stereocenters. The number of anilines is 1. The van der Waals surface area contributed by atoms with E-state index in [0.29, 0.717) is 17.5 Å². The summed E-state index contributed by atoms with van der Waals surface area (Å²) in [6, 6.07) is 9.53. The molecule has 0 aliphatic rings. The number of fused-ring (bicyclic) bond motifs is 1. The van der Waals surface area contributed by atoms with Crippen molar-refractivity contribution in [1.82, 2.24) is 4.98 Å². The van der Waals surface area contributed by atoms with Gasteiger partial charge in [0.05, 0.1) is 5.52 Å². The fourth-order valence-electron chi connectivity index (χ4n) is 2.34. The highest BCUT2D eigenvalue weighted by molar-refractivity contribution is 5.97. The smallest absolute Gasteiger partial charge is 0.354 e. The lowest BCUT2D eigenvalue weighted by Gasteiger charge is -2.23. The van der Waals surface area contributed by atoms with Gasteiger partial charge in [0.1, 0.15) is 0 Å². The fraction of sp³-hybridized carbons (Fsp3) is 0.375. The van der Waals surface area contributed by atoms with E-state index in [-0.39, 0.29) is 5.69 Å². The normalized spacial score (nSPS) is 12.6. The third-order valence-corrected chi connectivity index (χ3v) is 3.52. The molecule has 2 rings (SSSR count). The fourth-order valence-corrected chi connectivity index (χ4v) is 2.34. The number of nitrogens with one attached hydrogen (secondary N) is 1. The van der Waals surface area contributed by atoms with Crippen molar-refractivity contribution in [3.63, 3.8) is 0 Å². The van der Waals surface area contributed by atoms with Crippen molar-refractivity contribution in [2.24, 2.45) is 5.92 Å². The molecular formula is C16H20N2O2. The van der Waals surface area contributed by atoms with Crippen molar-refractivity contribution in [1.29, 1.82) is 0 Å². The van der Waals surface area contributed by atoms with Gasteiger partial charge in [0, 0.05) is 17.1 Å². The highest BCUT2D eigenvalue weighted by Crippen LogP contribution is 2.25. The maximum Gasteiger partial charge on any atom is 0.354 e. The molecule has 0 fully saturated rings. The molecule has 1 heterocycles. The van der Waals surface area contributed by atoms with E-state index >= 15 is 0 Å². The number of rotatable bonds is 5. The van der Waals surface area contributed by atoms with Gasteiger partial charge in [-0.3, -0.25) is 0 Å². The van der Waals surface area contributed by atoms with Gasteiger partial charge in [-0.25, -0.2) is 9.78 Å². The molecule has 0 saturated heterocycles. The Morgan fingerprint density at radius 2 is 2.05 bits per heavy atom. The number of pyridine rings is 1. The van der Waals surface area contributed by atoms with Gasteiger partial charge in [0.2, 0.25) is 0 Å². The SMILES string of the molecule is CCC(Nc1cc(C(=O)O)nc2ccccc12)C(C)C. The van der Waals surface area contributed by atoms with Crippen LogP contribution < -0.4 is 5.32 Å². The number of carbonyl (C=O) groups is 1. The van der Waals surface area contributed by atoms with Gasteiger partial charge >= 0.3 is 5.97 Å². The van der Waals surface area contributed by atoms with Crippen LogP contribution in [-0.2, 0) is 0 Å². The molecule has 1 atom stereocenters. The van der Waals surface area contributed by atoms with Crippen LogP contribution in [0.1, 0.15) is 37.7 Å². The predicted octanol–water partition coefficient (Wildman–Crippen LogP) is 3.78. The lowest BCUT2D eigenvalue weighted by atomic mass is 10.0. The summed E-state index contributed by atoms with van der Waals surface area (Å²) in [5.41, 5.74) is 1.62. The minimum atomic E-state index is -1.00. The van der Waals surface area contributed by atoms with E-state index in [1.165, 1.54) is 0 Å². The molecule has 0 bridgehead atoms. The molecule has 20 heavy (non-hydrogen) atoms. The van der Waals surface area contributed by atoms with Crippen LogP contribution in [0.3, 0.4) is 0 Å². The van der Waals surface area contributed by atoms with Crippen molar-refractivity contribution in [3.8, 4) is 0 Å². The molecule has 1 aromatic heterocycles. The molecule has 2 aromatic rings. The quantitative estimate of drug-likeness (QED) is 0.869. The van der Waals surface area contributed by atoms with E-state index in [1.807, 2.05) is 24.3 Å². The van der Waals surface area contributed by atoms with Crippen molar-refractivity contribution in [3.05, 3.63) is 36.0 Å². The van der Waals surface area contributed by atoms with Crippen LogP contribution in [0.5, 0.6) is 0 Å². The van der Waals surface area contributed by atoms with Crippen LogP contribution in [0, 0.1) is 5.92 Å². The third kappa shape index (κ3) is 2.90. The zero-order chi connectivity index (χ0) is 14.7. The average molecular weight is 272 g/mol. The van der Waals surface area contributed by atoms with E-state index in [9.17, 15) is 9.90 Å². The standard InChI is InChI=1S/C16H20N2O2/c1-4-12(10(2)3)17-14-9-15(16(19)20)18-13-8-6-5-7-11(13)14/h5-10,12H,4H2,1-3H3,(H,17,18)(H,19,20). The monoisotopic (exact) mass is 272 g/mol. The molecular weight excluding hydrogens is 252 g/mol. The number of nitrogens with zero attached hydrogens (tertiary/aromatic N) is 1. The van der Waals surface area contributed by atoms with Gasteiger partial charge in [-0.15, -0.1) is 0 Å². The number of hydrogen-bond donors (Lipinski definition) is 2. The number of carboxylic acid groups (broad SMARTS) is 1. The first-order chi connectivity index (χ1) is 9.52. The summed E-state index contributed by atoms with van der Waals surface area (Å²) in [7, 11) is 0. The minimum Gasteiger partial charge on any atom is -0.477 e. The Labute approximate surface area is 118 Å². The molecule has 4 nitrogen and oxygen atoms in total. The maximum absolute atomic E-state index is 11.2. The second kappa shape index (κ2) is 5.90. The van der Waals surface area contributed by atoms with Gasteiger partial charge in [-0.1, -0.05) is 39.0 Å². The molecule has 0 saturated carbocycles. The molecule has 0 spiro atoms. The molecule has 0 aliphatic heterocycles. The van der Waals surface area contributed by atoms with Crippen molar-refractivity contribution in [2.45, 2.75) is 33.2 Å². The van der Waals surface area contributed by atoms with E-state index in [0.717, 1.165) is 17.5 Å². The van der Waals surface area contributed by atoms with Crippen molar-refractivity contribution >= 4 is 22.6 Å². The van der Waals surface area contributed by atoms with Gasteiger partial charge in [-0.2, -0.15) is 0 Å². The topological polar surface area (TPSA) is 62.2 Å². The molecule has 4 heteroatoms. The Bertz CT molecular complexity index is 623. The Kier molecular flexibility index (Phi) is 4.23. The first kappa shape index (κ1) is 14.3. The number of aromatic carboxylic acids is 1. The summed E-state index contributed by atoms with van der Waals surface area (Å²) >= 11 is 0. The second-order valence-corrected chi connectivity index (χ2v) is 5.28. The predicted molar refractivity (Wildman–Crippen MR) is 81.2 cm³/mol. The van der Waals surface area contributed by atoms with E-state index < -0.39 is 5.97 Å². The Balaban J connectivity index is 2.52. The molecule has 106 valence electrons. The zero-order valence-corrected chi connectivity index (χ0v) is 12.1. The number of aromatic nitrogens is 1. The Morgan fingerprint density at radius 3 is 2.65 bits per heavy atom. The van der Waals surface area contributed by atoms with Crippen molar-refractivity contribution < 1.29 is 9.90 Å². The molecule has 0 aliphatic carbocycles. The van der Waals surface area contributed by atoms with Gasteiger partial charge < -0.3 is 10.4 Å². The first-order valence-electron chi connectivity index (χ1n) is 6.92. The highest BCUT2D eigenvalue weighted by atomic mass is 16.4. The molecule has 0 radical (unpaired) electrons. The summed E-state index contributed by atoms with van der Waals surface area (Å²) in [5.74, 6) is -0.531. The molecule has 2 N–H and O–H groups in total. The largest absolute Gasteiger partial charge is 0.477 e. The van der Waals surface area contributed by atoms with Gasteiger partial charge in [0.25, 0.3) is 0 Å². The number of hydrogen-bond acceptors (Lipinski definition) is 3. The van der Waals surface area contributed by atoms with Crippen LogP contribution in [0.2, 0.25) is 0 Å². The summed E-state index contributed by atoms with van der Waals surface area (Å²) < 4.78 is 0. The minimum absolute atomic E-state index is 0.0739. The zero-order valence-electron chi connectivity index (χ0n) is 12.1. The Morgan fingerprint density at radius 1 is 1.35 bits per heavy atom. The number of carboxylic acids is 1. The molecule has 0 amide bonds. The van der Waals surface area contributed by atoms with E-state index in [4.69, 9.17) is 0 Å². The maximum atomic E-state index is 11.2. The average Bonchev–Trinajstić information content (AvgIpc) is 2.43. The van der Waals surface area contributed by atoms with Gasteiger partial charge in [0.15, 0.2) is 5.69 Å². The summed E-state index contributed by atoms with van der Waals surface area (Å²) in [6.07, 6.45) is 0.983. The van der Waals surface area contributed by atoms with E-state index in [2.05, 4.69) is 31.1 Å². The van der Waals surface area contributed by atoms with Crippen LogP contribution in [0.15, 0.2) is 30.3 Å². The lowest BCUT2D eigenvalue weighted by Crippen LogP contribution is -2.25. The number of para-hydroxylation sites is 1. The highest BCUT2D eigenvalue weighted by Gasteiger charge is 2.15.